The smallest absolute Gasteiger partial charge is 0.308 e. The summed E-state index contributed by atoms with van der Waals surface area (Å²) in [4.78, 5) is 23.7. The van der Waals surface area contributed by atoms with Gasteiger partial charge in [-0.25, -0.2) is 0 Å². The van der Waals surface area contributed by atoms with Crippen LogP contribution in [-0.2, 0) is 11.2 Å². The van der Waals surface area contributed by atoms with Crippen molar-refractivity contribution in [2.45, 2.75) is 27.2 Å². The van der Waals surface area contributed by atoms with E-state index in [1.807, 2.05) is 19.9 Å². The number of hydrogen-bond donors (Lipinski definition) is 2. The number of rotatable bonds is 7. The highest BCUT2D eigenvalue weighted by atomic mass is 16.5. The molecular weight excluding hydrogens is 372 g/mol. The molecule has 0 unspecified atom stereocenters. The molecule has 2 aromatic rings. The highest BCUT2D eigenvalue weighted by molar-refractivity contribution is 6.11. The summed E-state index contributed by atoms with van der Waals surface area (Å²) in [5, 5.41) is 20.8. The molecule has 0 aliphatic rings. The van der Waals surface area contributed by atoms with Crippen LogP contribution in [0.2, 0.25) is 0 Å². The number of benzene rings is 2. The molecule has 2 rings (SSSR count). The van der Waals surface area contributed by atoms with E-state index in [1.165, 1.54) is 26.2 Å². The number of hydrogen-bond acceptors (Lipinski definition) is 6. The Kier molecular flexibility index (Phi) is 7.20. The summed E-state index contributed by atoms with van der Waals surface area (Å²) >= 11 is 0. The number of allylic oxidation sites excluding steroid dienone is 3. The first-order chi connectivity index (χ1) is 13.7. The van der Waals surface area contributed by atoms with Crippen LogP contribution in [0.15, 0.2) is 48.1 Å². The number of phenols is 2. The zero-order valence-electron chi connectivity index (χ0n) is 16.9. The van der Waals surface area contributed by atoms with Crippen molar-refractivity contribution in [3.63, 3.8) is 0 Å². The van der Waals surface area contributed by atoms with Gasteiger partial charge >= 0.3 is 5.97 Å². The maximum Gasteiger partial charge on any atom is 0.308 e. The van der Waals surface area contributed by atoms with Crippen LogP contribution in [0.25, 0.3) is 6.08 Å². The van der Waals surface area contributed by atoms with E-state index in [2.05, 4.69) is 0 Å². The Balaban J connectivity index is 2.33. The van der Waals surface area contributed by atoms with Crippen molar-refractivity contribution in [2.75, 3.05) is 7.11 Å². The number of carbonyl (C=O) groups is 2. The van der Waals surface area contributed by atoms with Crippen molar-refractivity contribution in [1.29, 1.82) is 0 Å². The van der Waals surface area contributed by atoms with Crippen LogP contribution >= 0.6 is 0 Å². The molecule has 0 saturated heterocycles. The van der Waals surface area contributed by atoms with E-state index in [-0.39, 0.29) is 34.8 Å². The molecule has 0 radical (unpaired) electrons. The number of ketones is 1. The minimum atomic E-state index is -0.470. The maximum absolute atomic E-state index is 12.7. The number of ether oxygens (including phenoxy) is 2. The van der Waals surface area contributed by atoms with Gasteiger partial charge in [0.1, 0.15) is 28.6 Å². The van der Waals surface area contributed by atoms with Crippen molar-refractivity contribution in [2.24, 2.45) is 0 Å². The molecule has 2 N–H and O–H groups in total. The number of methoxy groups -OCH3 is 1. The Hall–Kier alpha value is -3.54. The fraction of sp³-hybridized carbons (Fsp3) is 0.217. The predicted octanol–water partition coefficient (Wildman–Crippen LogP) is 4.44. The monoisotopic (exact) mass is 396 g/mol. The molecule has 0 heterocycles. The number of carbonyl (C=O) groups excluding carboxylic acids is 2. The predicted molar refractivity (Wildman–Crippen MR) is 111 cm³/mol. The Morgan fingerprint density at radius 3 is 2.28 bits per heavy atom. The zero-order valence-corrected chi connectivity index (χ0v) is 16.9. The summed E-state index contributed by atoms with van der Waals surface area (Å²) < 4.78 is 10.1. The molecule has 0 aliphatic carbocycles. The topological polar surface area (TPSA) is 93.1 Å². The normalized spacial score (nSPS) is 10.6. The van der Waals surface area contributed by atoms with Gasteiger partial charge in [-0.05, 0) is 44.0 Å². The molecule has 152 valence electrons. The van der Waals surface area contributed by atoms with Crippen LogP contribution in [0.4, 0.5) is 0 Å². The summed E-state index contributed by atoms with van der Waals surface area (Å²) in [6.07, 6.45) is 5.00. The van der Waals surface area contributed by atoms with Gasteiger partial charge in [0, 0.05) is 18.6 Å². The lowest BCUT2D eigenvalue weighted by Gasteiger charge is -2.13. The summed E-state index contributed by atoms with van der Waals surface area (Å²) in [5.41, 5.74) is 1.96. The second-order valence-corrected chi connectivity index (χ2v) is 6.65. The van der Waals surface area contributed by atoms with Crippen molar-refractivity contribution in [3.8, 4) is 23.0 Å². The molecule has 0 aliphatic heterocycles. The van der Waals surface area contributed by atoms with E-state index in [4.69, 9.17) is 9.47 Å². The van der Waals surface area contributed by atoms with Crippen molar-refractivity contribution in [1.82, 2.24) is 0 Å². The Morgan fingerprint density at radius 1 is 1.07 bits per heavy atom. The van der Waals surface area contributed by atoms with Gasteiger partial charge in [0.25, 0.3) is 0 Å². The van der Waals surface area contributed by atoms with Gasteiger partial charge in [-0.3, -0.25) is 9.59 Å². The second-order valence-electron chi connectivity index (χ2n) is 6.65. The van der Waals surface area contributed by atoms with Crippen molar-refractivity contribution >= 4 is 17.8 Å². The minimum absolute atomic E-state index is 0.0183. The van der Waals surface area contributed by atoms with Gasteiger partial charge < -0.3 is 19.7 Å². The fourth-order valence-corrected chi connectivity index (χ4v) is 2.65. The molecule has 0 spiro atoms. The maximum atomic E-state index is 12.7. The zero-order chi connectivity index (χ0) is 21.6. The molecule has 6 nitrogen and oxygen atoms in total. The molecule has 0 bridgehead atoms. The SMILES string of the molecule is COc1cc(O)c(CC=C(C)C)c(O)c1C(=O)/C=C/c1ccc(OC(C)=O)cc1. The summed E-state index contributed by atoms with van der Waals surface area (Å²) in [6, 6.07) is 7.93. The van der Waals surface area contributed by atoms with E-state index >= 15 is 0 Å². The minimum Gasteiger partial charge on any atom is -0.507 e. The molecule has 0 saturated carbocycles. The van der Waals surface area contributed by atoms with Crippen LogP contribution in [0.1, 0.15) is 42.3 Å². The van der Waals surface area contributed by atoms with Gasteiger partial charge in [0.05, 0.1) is 7.11 Å². The Morgan fingerprint density at radius 2 is 1.72 bits per heavy atom. The first-order valence-electron chi connectivity index (χ1n) is 8.99. The third-order valence-electron chi connectivity index (χ3n) is 4.10. The van der Waals surface area contributed by atoms with E-state index < -0.39 is 11.8 Å². The van der Waals surface area contributed by atoms with Gasteiger partial charge in [0.15, 0.2) is 5.78 Å². The quantitative estimate of drug-likeness (QED) is 0.236. The Labute approximate surface area is 169 Å². The Bertz CT molecular complexity index is 964. The van der Waals surface area contributed by atoms with Crippen LogP contribution in [0.3, 0.4) is 0 Å². The highest BCUT2D eigenvalue weighted by Crippen LogP contribution is 2.39. The average Bonchev–Trinajstić information content (AvgIpc) is 2.65. The summed E-state index contributed by atoms with van der Waals surface area (Å²) in [5.74, 6) is -0.842. The molecule has 29 heavy (non-hydrogen) atoms. The van der Waals surface area contributed by atoms with Crippen molar-refractivity contribution < 1.29 is 29.3 Å². The van der Waals surface area contributed by atoms with Crippen LogP contribution < -0.4 is 9.47 Å². The van der Waals surface area contributed by atoms with Gasteiger partial charge in [0.2, 0.25) is 0 Å². The number of esters is 1. The van der Waals surface area contributed by atoms with E-state index in [0.29, 0.717) is 11.3 Å². The second kappa shape index (κ2) is 9.59. The molecule has 0 amide bonds. The summed E-state index contributed by atoms with van der Waals surface area (Å²) in [6.45, 7) is 5.12. The molecule has 0 fully saturated rings. The molecule has 2 aromatic carbocycles. The van der Waals surface area contributed by atoms with E-state index in [0.717, 1.165) is 5.57 Å². The van der Waals surface area contributed by atoms with E-state index in [9.17, 15) is 19.8 Å². The standard InChI is InChI=1S/C23H24O6/c1-14(2)5-11-18-20(26)13-21(28-4)22(23(18)27)19(25)12-8-16-6-9-17(10-7-16)29-15(3)24/h5-10,12-13,26-27H,11H2,1-4H3/b12-8+. The average molecular weight is 396 g/mol. The highest BCUT2D eigenvalue weighted by Gasteiger charge is 2.21. The van der Waals surface area contributed by atoms with E-state index in [1.54, 1.807) is 30.3 Å². The lowest BCUT2D eigenvalue weighted by molar-refractivity contribution is -0.131. The van der Waals surface area contributed by atoms with Gasteiger partial charge in [-0.1, -0.05) is 29.9 Å². The van der Waals surface area contributed by atoms with Gasteiger partial charge in [-0.2, -0.15) is 0 Å². The lowest BCUT2D eigenvalue weighted by atomic mass is 9.99. The first-order valence-corrected chi connectivity index (χ1v) is 8.99. The van der Waals surface area contributed by atoms with Crippen LogP contribution in [0.5, 0.6) is 23.0 Å². The molecule has 0 aromatic heterocycles. The molecule has 0 atom stereocenters. The third-order valence-corrected chi connectivity index (χ3v) is 4.10. The first kappa shape index (κ1) is 21.8. The lowest BCUT2D eigenvalue weighted by Crippen LogP contribution is -2.02. The number of phenolic OH excluding ortho intramolecular Hbond substituents is 2. The summed E-state index contributed by atoms with van der Waals surface area (Å²) in [7, 11) is 1.36. The fourth-order valence-electron chi connectivity index (χ4n) is 2.65. The largest absolute Gasteiger partial charge is 0.507 e. The third kappa shape index (κ3) is 5.72. The molecule has 6 heteroatoms. The van der Waals surface area contributed by atoms with Crippen LogP contribution in [0, 0.1) is 0 Å². The van der Waals surface area contributed by atoms with Crippen LogP contribution in [-0.4, -0.2) is 29.1 Å². The molecular formula is C23H24O6. The van der Waals surface area contributed by atoms with Crippen molar-refractivity contribution in [3.05, 3.63) is 64.7 Å². The van der Waals surface area contributed by atoms with Gasteiger partial charge in [-0.15, -0.1) is 0 Å². The number of aromatic hydroxyl groups is 2.